The Kier molecular flexibility index (Phi) is 4.57. The zero-order chi connectivity index (χ0) is 15.6. The average molecular weight is 291 g/mol. The van der Waals surface area contributed by atoms with Gasteiger partial charge >= 0.3 is 0 Å². The predicted octanol–water partition coefficient (Wildman–Crippen LogP) is 2.74. The molecule has 0 bridgehead atoms. The number of aliphatic hydroxyl groups excluding tert-OH is 1. The van der Waals surface area contributed by atoms with Gasteiger partial charge in [-0.2, -0.15) is 0 Å². The molecule has 1 aromatic carbocycles. The van der Waals surface area contributed by atoms with Gasteiger partial charge in [-0.05, 0) is 51.7 Å². The van der Waals surface area contributed by atoms with Crippen molar-refractivity contribution in [2.75, 3.05) is 0 Å². The van der Waals surface area contributed by atoms with Crippen molar-refractivity contribution >= 4 is 5.91 Å². The highest BCUT2D eigenvalue weighted by Gasteiger charge is 2.26. The molecule has 0 saturated heterocycles. The van der Waals surface area contributed by atoms with Crippen LogP contribution in [0.3, 0.4) is 0 Å². The number of aliphatic hydroxyl groups is 1. The van der Waals surface area contributed by atoms with Crippen molar-refractivity contribution in [2.24, 2.45) is 0 Å². The zero-order valence-electron chi connectivity index (χ0n) is 13.3. The molecule has 4 heteroatoms. The zero-order valence-corrected chi connectivity index (χ0v) is 13.3. The third-order valence-corrected chi connectivity index (χ3v) is 4.21. The largest absolute Gasteiger partial charge is 0.481 e. The summed E-state index contributed by atoms with van der Waals surface area (Å²) in [4.78, 5) is 12.2. The maximum atomic E-state index is 12.2. The van der Waals surface area contributed by atoms with E-state index in [9.17, 15) is 9.90 Å². The minimum atomic E-state index is -0.555. The van der Waals surface area contributed by atoms with E-state index < -0.39 is 12.2 Å². The fourth-order valence-corrected chi connectivity index (χ4v) is 2.48. The van der Waals surface area contributed by atoms with Crippen molar-refractivity contribution in [3.8, 4) is 5.75 Å². The molecule has 0 heterocycles. The van der Waals surface area contributed by atoms with E-state index in [1.54, 1.807) is 6.92 Å². The Morgan fingerprint density at radius 3 is 2.90 bits per heavy atom. The molecule has 116 valence electrons. The summed E-state index contributed by atoms with van der Waals surface area (Å²) in [6.07, 6.45) is 1.41. The Morgan fingerprint density at radius 1 is 1.52 bits per heavy atom. The van der Waals surface area contributed by atoms with Crippen molar-refractivity contribution in [2.45, 2.75) is 64.7 Å². The number of hydrogen-bond acceptors (Lipinski definition) is 3. The lowest BCUT2D eigenvalue weighted by Crippen LogP contribution is -2.48. The van der Waals surface area contributed by atoms with Gasteiger partial charge in [-0.3, -0.25) is 4.79 Å². The first-order valence-corrected chi connectivity index (χ1v) is 7.62. The number of carbonyl (C=O) groups excluding carboxylic acids is 1. The molecule has 2 N–H and O–H groups in total. The number of fused-ring (bicyclic) bond motifs is 1. The topological polar surface area (TPSA) is 58.6 Å². The molecule has 1 aliphatic rings. The minimum Gasteiger partial charge on any atom is -0.481 e. The van der Waals surface area contributed by atoms with Crippen molar-refractivity contribution in [1.82, 2.24) is 5.32 Å². The normalized spacial score (nSPS) is 19.0. The summed E-state index contributed by atoms with van der Waals surface area (Å²) in [5, 5.41) is 12.9. The van der Waals surface area contributed by atoms with E-state index in [-0.39, 0.29) is 11.4 Å². The van der Waals surface area contributed by atoms with Gasteiger partial charge in [0.05, 0.1) is 6.10 Å². The molecule has 1 aromatic rings. The summed E-state index contributed by atoms with van der Waals surface area (Å²) in [5.74, 6) is 0.596. The fourth-order valence-electron chi connectivity index (χ4n) is 2.48. The molecular formula is C17H25NO3. The van der Waals surface area contributed by atoms with Gasteiger partial charge in [-0.25, -0.2) is 0 Å². The van der Waals surface area contributed by atoms with Gasteiger partial charge in [0.15, 0.2) is 6.10 Å². The van der Waals surface area contributed by atoms with Crippen molar-refractivity contribution < 1.29 is 14.6 Å². The summed E-state index contributed by atoms with van der Waals surface area (Å²) < 4.78 is 5.83. The van der Waals surface area contributed by atoms with Crippen LogP contribution in [0.2, 0.25) is 0 Å². The lowest BCUT2D eigenvalue weighted by atomic mass is 10.0. The van der Waals surface area contributed by atoms with Gasteiger partial charge in [0.1, 0.15) is 5.75 Å². The Balaban J connectivity index is 2.07. The van der Waals surface area contributed by atoms with Crippen LogP contribution in [-0.4, -0.2) is 22.7 Å². The molecule has 0 aromatic heterocycles. The van der Waals surface area contributed by atoms with Crippen LogP contribution < -0.4 is 10.1 Å². The van der Waals surface area contributed by atoms with E-state index in [1.165, 1.54) is 0 Å². The van der Waals surface area contributed by atoms with E-state index >= 15 is 0 Å². The van der Waals surface area contributed by atoms with Crippen LogP contribution >= 0.6 is 0 Å². The number of benzene rings is 1. The second-order valence-electron chi connectivity index (χ2n) is 6.37. The summed E-state index contributed by atoms with van der Waals surface area (Å²) in [5.41, 5.74) is 1.72. The van der Waals surface area contributed by atoms with E-state index in [0.717, 1.165) is 30.4 Å². The molecule has 2 rings (SSSR count). The molecule has 0 radical (unpaired) electrons. The minimum absolute atomic E-state index is 0.113. The number of ether oxygens (including phenoxy) is 1. The molecule has 0 saturated carbocycles. The van der Waals surface area contributed by atoms with Gasteiger partial charge < -0.3 is 15.2 Å². The lowest BCUT2D eigenvalue weighted by Gasteiger charge is -2.27. The highest BCUT2D eigenvalue weighted by molar-refractivity contribution is 5.81. The molecule has 1 aliphatic carbocycles. The molecule has 2 atom stereocenters. The summed E-state index contributed by atoms with van der Waals surface area (Å²) in [7, 11) is 0. The molecule has 21 heavy (non-hydrogen) atoms. The van der Waals surface area contributed by atoms with Gasteiger partial charge in [0.25, 0.3) is 5.91 Å². The highest BCUT2D eigenvalue weighted by Crippen LogP contribution is 2.37. The van der Waals surface area contributed by atoms with E-state index in [4.69, 9.17) is 4.74 Å². The molecule has 2 unspecified atom stereocenters. The van der Waals surface area contributed by atoms with Crippen LogP contribution in [-0.2, 0) is 11.2 Å². The number of carbonyl (C=O) groups is 1. The molecule has 0 aliphatic heterocycles. The quantitative estimate of drug-likeness (QED) is 0.877. The maximum absolute atomic E-state index is 12.2. The molecular weight excluding hydrogens is 266 g/mol. The third-order valence-electron chi connectivity index (χ3n) is 4.21. The van der Waals surface area contributed by atoms with Crippen molar-refractivity contribution in [3.63, 3.8) is 0 Å². The standard InChI is InChI=1S/C17H25NO3/c1-5-17(3,4)18-16(20)11(2)21-15-8-6-7-12-13(15)9-10-14(12)19/h6-8,11,14,19H,5,9-10H2,1-4H3,(H,18,20). The van der Waals surface area contributed by atoms with Crippen molar-refractivity contribution in [1.29, 1.82) is 0 Å². The van der Waals surface area contributed by atoms with E-state index in [0.29, 0.717) is 5.75 Å². The molecule has 0 spiro atoms. The van der Waals surface area contributed by atoms with Crippen LogP contribution in [0.4, 0.5) is 0 Å². The van der Waals surface area contributed by atoms with Crippen LogP contribution in [0.1, 0.15) is 57.8 Å². The van der Waals surface area contributed by atoms with E-state index in [1.807, 2.05) is 39.0 Å². The van der Waals surface area contributed by atoms with Gasteiger partial charge in [0.2, 0.25) is 0 Å². The van der Waals surface area contributed by atoms with Crippen LogP contribution in [0.25, 0.3) is 0 Å². The number of hydrogen-bond donors (Lipinski definition) is 2. The third kappa shape index (κ3) is 3.56. The predicted molar refractivity (Wildman–Crippen MR) is 82.3 cm³/mol. The molecule has 0 fully saturated rings. The fraction of sp³-hybridized carbons (Fsp3) is 0.588. The SMILES string of the molecule is CCC(C)(C)NC(=O)C(C)Oc1cccc2c1CCC2O. The van der Waals surface area contributed by atoms with E-state index in [2.05, 4.69) is 5.32 Å². The van der Waals surface area contributed by atoms with Crippen LogP contribution in [0, 0.1) is 0 Å². The first-order chi connectivity index (χ1) is 9.84. The summed E-state index contributed by atoms with van der Waals surface area (Å²) in [6.45, 7) is 7.78. The summed E-state index contributed by atoms with van der Waals surface area (Å²) in [6, 6.07) is 5.65. The molecule has 4 nitrogen and oxygen atoms in total. The highest BCUT2D eigenvalue weighted by atomic mass is 16.5. The monoisotopic (exact) mass is 291 g/mol. The van der Waals surface area contributed by atoms with Gasteiger partial charge in [-0.1, -0.05) is 19.1 Å². The Bertz CT molecular complexity index is 525. The second kappa shape index (κ2) is 6.06. The smallest absolute Gasteiger partial charge is 0.261 e. The van der Waals surface area contributed by atoms with Gasteiger partial charge in [-0.15, -0.1) is 0 Å². The Morgan fingerprint density at radius 2 is 2.24 bits per heavy atom. The lowest BCUT2D eigenvalue weighted by molar-refractivity contribution is -0.129. The first-order valence-electron chi connectivity index (χ1n) is 7.62. The Hall–Kier alpha value is -1.55. The van der Waals surface area contributed by atoms with Crippen LogP contribution in [0.15, 0.2) is 18.2 Å². The summed E-state index contributed by atoms with van der Waals surface area (Å²) >= 11 is 0. The number of amides is 1. The van der Waals surface area contributed by atoms with Crippen molar-refractivity contribution in [3.05, 3.63) is 29.3 Å². The molecule has 1 amide bonds. The average Bonchev–Trinajstić information content (AvgIpc) is 2.81. The number of nitrogens with one attached hydrogen (secondary N) is 1. The van der Waals surface area contributed by atoms with Crippen LogP contribution in [0.5, 0.6) is 5.75 Å². The number of rotatable bonds is 5. The second-order valence-corrected chi connectivity index (χ2v) is 6.37. The maximum Gasteiger partial charge on any atom is 0.261 e. The first kappa shape index (κ1) is 15.8. The Labute approximate surface area is 126 Å². The van der Waals surface area contributed by atoms with Gasteiger partial charge in [0, 0.05) is 11.1 Å².